The Hall–Kier alpha value is -1.64. The standard InChI is InChI=1S/C12H12N4O2S2/c17-16(18)11-2-1-9(20-11)7-15-4-3-10-8(6-15)5-13-12(19)14-10/h1-2,5H,3-4,6-7H2,(H,13,14,19). The molecule has 0 saturated carbocycles. The third kappa shape index (κ3) is 2.77. The van der Waals surface area contributed by atoms with Crippen molar-refractivity contribution in [3.8, 4) is 0 Å². The summed E-state index contributed by atoms with van der Waals surface area (Å²) < 4.78 is 0.520. The largest absolute Gasteiger partial charge is 0.334 e. The fraction of sp³-hybridized carbons (Fsp3) is 0.333. The first-order valence-electron chi connectivity index (χ1n) is 6.14. The van der Waals surface area contributed by atoms with Crippen LogP contribution in [0, 0.1) is 14.9 Å². The Morgan fingerprint density at radius 1 is 1.55 bits per heavy atom. The van der Waals surface area contributed by atoms with Crippen LogP contribution in [0.4, 0.5) is 5.00 Å². The van der Waals surface area contributed by atoms with Gasteiger partial charge in [-0.25, -0.2) is 4.98 Å². The van der Waals surface area contributed by atoms with Crippen LogP contribution < -0.4 is 0 Å². The number of rotatable bonds is 3. The molecule has 0 aromatic carbocycles. The van der Waals surface area contributed by atoms with Crippen LogP contribution in [0.15, 0.2) is 18.3 Å². The summed E-state index contributed by atoms with van der Waals surface area (Å²) in [6, 6.07) is 3.39. The predicted molar refractivity (Wildman–Crippen MR) is 78.2 cm³/mol. The molecule has 2 aromatic rings. The van der Waals surface area contributed by atoms with E-state index in [9.17, 15) is 10.1 Å². The first-order valence-corrected chi connectivity index (χ1v) is 7.37. The van der Waals surface area contributed by atoms with Gasteiger partial charge in [-0.15, -0.1) is 0 Å². The van der Waals surface area contributed by atoms with E-state index in [1.807, 2.05) is 12.3 Å². The maximum atomic E-state index is 10.7. The lowest BCUT2D eigenvalue weighted by molar-refractivity contribution is -0.380. The second-order valence-corrected chi connectivity index (χ2v) is 6.18. The summed E-state index contributed by atoms with van der Waals surface area (Å²) in [5, 5.41) is 10.9. The lowest BCUT2D eigenvalue weighted by atomic mass is 10.1. The van der Waals surface area contributed by atoms with Gasteiger partial charge in [-0.05, 0) is 18.3 Å². The summed E-state index contributed by atoms with van der Waals surface area (Å²) in [6.45, 7) is 2.43. The maximum absolute atomic E-state index is 10.7. The highest BCUT2D eigenvalue weighted by Gasteiger charge is 2.18. The number of nitro groups is 1. The summed E-state index contributed by atoms with van der Waals surface area (Å²) in [4.78, 5) is 20.8. The lowest BCUT2D eigenvalue weighted by Crippen LogP contribution is -2.30. The van der Waals surface area contributed by atoms with Gasteiger partial charge in [-0.3, -0.25) is 15.0 Å². The first kappa shape index (κ1) is 13.3. The molecule has 3 rings (SSSR count). The van der Waals surface area contributed by atoms with E-state index in [0.29, 0.717) is 4.77 Å². The molecule has 0 atom stereocenters. The zero-order valence-electron chi connectivity index (χ0n) is 10.5. The SMILES string of the molecule is O=[N+]([O-])c1ccc(CN2CCc3[nH]c(=S)ncc3C2)s1. The molecule has 0 aliphatic carbocycles. The van der Waals surface area contributed by atoms with Gasteiger partial charge in [-0.1, -0.05) is 11.3 Å². The van der Waals surface area contributed by atoms with Gasteiger partial charge in [-0.2, -0.15) is 0 Å². The van der Waals surface area contributed by atoms with Crippen molar-refractivity contribution in [1.82, 2.24) is 14.9 Å². The normalized spacial score (nSPS) is 15.0. The minimum Gasteiger partial charge on any atom is -0.334 e. The molecule has 0 unspecified atom stereocenters. The molecular formula is C12H12N4O2S2. The van der Waals surface area contributed by atoms with Crippen LogP contribution >= 0.6 is 23.6 Å². The van der Waals surface area contributed by atoms with Gasteiger partial charge in [0.05, 0.1) is 4.92 Å². The van der Waals surface area contributed by atoms with Crippen LogP contribution in [0.2, 0.25) is 0 Å². The molecule has 1 aliphatic heterocycles. The molecule has 0 bridgehead atoms. The molecule has 6 nitrogen and oxygen atoms in total. The number of nitrogens with zero attached hydrogens (tertiary/aromatic N) is 3. The van der Waals surface area contributed by atoms with Crippen molar-refractivity contribution < 1.29 is 4.92 Å². The van der Waals surface area contributed by atoms with E-state index < -0.39 is 0 Å². The molecule has 0 radical (unpaired) electrons. The third-order valence-electron chi connectivity index (χ3n) is 3.26. The molecule has 0 saturated heterocycles. The Labute approximate surface area is 124 Å². The molecule has 1 aliphatic rings. The van der Waals surface area contributed by atoms with Crippen LogP contribution in [-0.4, -0.2) is 26.3 Å². The van der Waals surface area contributed by atoms with Gasteiger partial charge in [0, 0.05) is 54.5 Å². The second-order valence-electron chi connectivity index (χ2n) is 4.65. The van der Waals surface area contributed by atoms with E-state index in [4.69, 9.17) is 12.2 Å². The molecule has 3 heterocycles. The Kier molecular flexibility index (Phi) is 3.60. The molecule has 1 N–H and O–H groups in total. The van der Waals surface area contributed by atoms with Crippen molar-refractivity contribution in [1.29, 1.82) is 0 Å². The van der Waals surface area contributed by atoms with E-state index in [2.05, 4.69) is 14.9 Å². The van der Waals surface area contributed by atoms with Crippen LogP contribution in [0.3, 0.4) is 0 Å². The van der Waals surface area contributed by atoms with Gasteiger partial charge in [0.2, 0.25) is 0 Å². The van der Waals surface area contributed by atoms with Gasteiger partial charge in [0.15, 0.2) is 4.77 Å². The predicted octanol–water partition coefficient (Wildman–Crippen LogP) is 2.67. The van der Waals surface area contributed by atoms with Gasteiger partial charge in [0.1, 0.15) is 0 Å². The number of H-pyrrole nitrogens is 1. The lowest BCUT2D eigenvalue weighted by Gasteiger charge is -2.27. The number of aromatic nitrogens is 2. The monoisotopic (exact) mass is 308 g/mol. The van der Waals surface area contributed by atoms with Gasteiger partial charge < -0.3 is 4.98 Å². The van der Waals surface area contributed by atoms with Crippen LogP contribution in [0.5, 0.6) is 0 Å². The zero-order chi connectivity index (χ0) is 14.1. The summed E-state index contributed by atoms with van der Waals surface area (Å²) in [6.07, 6.45) is 2.71. The highest BCUT2D eigenvalue weighted by atomic mass is 32.1. The summed E-state index contributed by atoms with van der Waals surface area (Å²) in [5.74, 6) is 0. The summed E-state index contributed by atoms with van der Waals surface area (Å²) in [5.41, 5.74) is 2.30. The number of fused-ring (bicyclic) bond motifs is 1. The maximum Gasteiger partial charge on any atom is 0.324 e. The number of thiophene rings is 1. The molecule has 104 valence electrons. The Bertz CT molecular complexity index is 709. The number of hydrogen-bond acceptors (Lipinski definition) is 6. The quantitative estimate of drug-likeness (QED) is 0.536. The van der Waals surface area contributed by atoms with Crippen LogP contribution in [0.1, 0.15) is 16.1 Å². The van der Waals surface area contributed by atoms with Crippen molar-refractivity contribution in [2.45, 2.75) is 19.5 Å². The minimum absolute atomic E-state index is 0.197. The van der Waals surface area contributed by atoms with E-state index in [1.165, 1.54) is 11.3 Å². The van der Waals surface area contributed by atoms with Crippen LogP contribution in [0.25, 0.3) is 0 Å². The Morgan fingerprint density at radius 2 is 2.40 bits per heavy atom. The molecule has 2 aromatic heterocycles. The molecule has 0 spiro atoms. The Morgan fingerprint density at radius 3 is 3.15 bits per heavy atom. The highest BCUT2D eigenvalue weighted by molar-refractivity contribution is 7.71. The molecule has 0 fully saturated rings. The third-order valence-corrected chi connectivity index (χ3v) is 4.49. The van der Waals surface area contributed by atoms with Crippen molar-refractivity contribution in [3.05, 3.63) is 49.3 Å². The van der Waals surface area contributed by atoms with Crippen molar-refractivity contribution >= 4 is 28.6 Å². The average Bonchev–Trinajstić information content (AvgIpc) is 2.88. The smallest absolute Gasteiger partial charge is 0.324 e. The molecule has 8 heteroatoms. The zero-order valence-corrected chi connectivity index (χ0v) is 12.2. The fourth-order valence-corrected chi connectivity index (χ4v) is 3.35. The molecule has 20 heavy (non-hydrogen) atoms. The first-order chi connectivity index (χ1) is 9.61. The molecule has 0 amide bonds. The topological polar surface area (TPSA) is 75.1 Å². The second kappa shape index (κ2) is 5.39. The highest BCUT2D eigenvalue weighted by Crippen LogP contribution is 2.26. The fourth-order valence-electron chi connectivity index (χ4n) is 2.31. The van der Waals surface area contributed by atoms with Gasteiger partial charge >= 0.3 is 5.00 Å². The van der Waals surface area contributed by atoms with E-state index >= 15 is 0 Å². The number of aromatic amines is 1. The number of nitrogens with one attached hydrogen (secondary N) is 1. The van der Waals surface area contributed by atoms with Crippen molar-refractivity contribution in [2.24, 2.45) is 0 Å². The van der Waals surface area contributed by atoms with Crippen LogP contribution in [-0.2, 0) is 19.5 Å². The summed E-state index contributed by atoms with van der Waals surface area (Å²) in [7, 11) is 0. The minimum atomic E-state index is -0.344. The van der Waals surface area contributed by atoms with E-state index in [-0.39, 0.29) is 9.92 Å². The van der Waals surface area contributed by atoms with E-state index in [1.54, 1.807) is 6.07 Å². The van der Waals surface area contributed by atoms with Gasteiger partial charge in [0.25, 0.3) is 0 Å². The Balaban J connectivity index is 1.72. The van der Waals surface area contributed by atoms with Crippen molar-refractivity contribution in [3.63, 3.8) is 0 Å². The number of hydrogen-bond donors (Lipinski definition) is 1. The molecular weight excluding hydrogens is 296 g/mol. The van der Waals surface area contributed by atoms with E-state index in [0.717, 1.165) is 42.2 Å². The summed E-state index contributed by atoms with van der Waals surface area (Å²) >= 11 is 6.25. The van der Waals surface area contributed by atoms with Crippen molar-refractivity contribution in [2.75, 3.05) is 6.54 Å². The average molecular weight is 308 g/mol.